The van der Waals surface area contributed by atoms with Crippen LogP contribution in [-0.2, 0) is 6.42 Å². The highest BCUT2D eigenvalue weighted by Crippen LogP contribution is 2.21. The predicted molar refractivity (Wildman–Crippen MR) is 86.9 cm³/mol. The van der Waals surface area contributed by atoms with E-state index in [9.17, 15) is 4.79 Å². The first-order chi connectivity index (χ1) is 9.60. The molecular weight excluding hydrogens is 316 g/mol. The summed E-state index contributed by atoms with van der Waals surface area (Å²) in [7, 11) is 0. The van der Waals surface area contributed by atoms with Gasteiger partial charge in [-0.2, -0.15) is 0 Å². The average Bonchev–Trinajstić information content (AvgIpc) is 2.44. The molecule has 0 saturated carbocycles. The van der Waals surface area contributed by atoms with Crippen LogP contribution in [0.3, 0.4) is 0 Å². The van der Waals surface area contributed by atoms with E-state index in [4.69, 9.17) is 5.73 Å². The number of carbonyl (C=O) groups excluding carboxylic acids is 1. The minimum absolute atomic E-state index is 0.160. The van der Waals surface area contributed by atoms with Crippen LogP contribution in [0.4, 0.5) is 11.4 Å². The molecule has 0 aliphatic heterocycles. The van der Waals surface area contributed by atoms with Crippen molar-refractivity contribution in [3.05, 3.63) is 58.1 Å². The number of halogens is 1. The summed E-state index contributed by atoms with van der Waals surface area (Å²) < 4.78 is 0.790. The van der Waals surface area contributed by atoms with Crippen LogP contribution in [0.25, 0.3) is 0 Å². The Balaban J connectivity index is 2.08. The van der Waals surface area contributed by atoms with E-state index < -0.39 is 0 Å². The van der Waals surface area contributed by atoms with Gasteiger partial charge in [0.05, 0.1) is 0 Å². The Morgan fingerprint density at radius 3 is 2.50 bits per heavy atom. The van der Waals surface area contributed by atoms with E-state index in [1.165, 1.54) is 5.56 Å². The van der Waals surface area contributed by atoms with Crippen LogP contribution in [0.1, 0.15) is 29.3 Å². The van der Waals surface area contributed by atoms with Gasteiger partial charge in [0, 0.05) is 21.4 Å². The molecular formula is C16H17BrN2O. The summed E-state index contributed by atoms with van der Waals surface area (Å²) in [4.78, 5) is 12.1. The van der Waals surface area contributed by atoms with Gasteiger partial charge >= 0.3 is 0 Å². The molecule has 3 N–H and O–H groups in total. The van der Waals surface area contributed by atoms with E-state index in [1.807, 2.05) is 24.3 Å². The smallest absolute Gasteiger partial charge is 0.255 e. The molecule has 3 nitrogen and oxygen atoms in total. The third-order valence-corrected chi connectivity index (χ3v) is 3.73. The van der Waals surface area contributed by atoms with E-state index in [1.54, 1.807) is 18.2 Å². The van der Waals surface area contributed by atoms with Crippen molar-refractivity contribution >= 4 is 33.2 Å². The summed E-state index contributed by atoms with van der Waals surface area (Å²) in [6.45, 7) is 2.15. The fourth-order valence-electron chi connectivity index (χ4n) is 1.93. The second-order valence-electron chi connectivity index (χ2n) is 4.64. The Morgan fingerprint density at radius 2 is 1.90 bits per heavy atom. The Hall–Kier alpha value is -1.81. The standard InChI is InChI=1S/C16H17BrN2O/c1-2-3-11-4-7-13(8-5-11)19-16(20)12-6-9-14(17)15(18)10-12/h4-10H,2-3,18H2,1H3,(H,19,20). The summed E-state index contributed by atoms with van der Waals surface area (Å²) in [6.07, 6.45) is 2.17. The highest BCUT2D eigenvalue weighted by atomic mass is 79.9. The molecule has 0 radical (unpaired) electrons. The molecule has 0 bridgehead atoms. The minimum Gasteiger partial charge on any atom is -0.398 e. The van der Waals surface area contributed by atoms with Gasteiger partial charge in [0.2, 0.25) is 0 Å². The summed E-state index contributed by atoms with van der Waals surface area (Å²) in [5.41, 5.74) is 8.94. The maximum atomic E-state index is 12.1. The molecule has 0 heterocycles. The van der Waals surface area contributed by atoms with Crippen LogP contribution >= 0.6 is 15.9 Å². The zero-order valence-electron chi connectivity index (χ0n) is 11.3. The first-order valence-corrected chi connectivity index (χ1v) is 7.34. The van der Waals surface area contributed by atoms with E-state index in [2.05, 4.69) is 28.2 Å². The number of amides is 1. The molecule has 0 fully saturated rings. The van der Waals surface area contributed by atoms with Gasteiger partial charge in [0.1, 0.15) is 0 Å². The molecule has 4 heteroatoms. The fourth-order valence-corrected chi connectivity index (χ4v) is 2.18. The summed E-state index contributed by atoms with van der Waals surface area (Å²) in [5, 5.41) is 2.86. The third kappa shape index (κ3) is 3.61. The summed E-state index contributed by atoms with van der Waals surface area (Å²) >= 11 is 3.31. The lowest BCUT2D eigenvalue weighted by Gasteiger charge is -2.07. The largest absolute Gasteiger partial charge is 0.398 e. The van der Waals surface area contributed by atoms with Crippen LogP contribution in [0, 0.1) is 0 Å². The van der Waals surface area contributed by atoms with Gasteiger partial charge in [0.25, 0.3) is 5.91 Å². The van der Waals surface area contributed by atoms with Crippen LogP contribution in [-0.4, -0.2) is 5.91 Å². The van der Waals surface area contributed by atoms with E-state index in [0.717, 1.165) is 23.0 Å². The molecule has 0 aliphatic rings. The monoisotopic (exact) mass is 332 g/mol. The molecule has 0 unspecified atom stereocenters. The van der Waals surface area contributed by atoms with Gasteiger partial charge in [-0.3, -0.25) is 4.79 Å². The zero-order chi connectivity index (χ0) is 14.5. The molecule has 104 valence electrons. The quantitative estimate of drug-likeness (QED) is 0.823. The molecule has 0 atom stereocenters. The number of benzene rings is 2. The van der Waals surface area contributed by atoms with Gasteiger partial charge in [-0.05, 0) is 58.2 Å². The molecule has 2 rings (SSSR count). The lowest BCUT2D eigenvalue weighted by molar-refractivity contribution is 0.102. The lowest BCUT2D eigenvalue weighted by atomic mass is 10.1. The van der Waals surface area contributed by atoms with E-state index in [-0.39, 0.29) is 5.91 Å². The zero-order valence-corrected chi connectivity index (χ0v) is 12.9. The third-order valence-electron chi connectivity index (χ3n) is 3.01. The summed E-state index contributed by atoms with van der Waals surface area (Å²) in [5.74, 6) is -0.160. The highest BCUT2D eigenvalue weighted by molar-refractivity contribution is 9.10. The highest BCUT2D eigenvalue weighted by Gasteiger charge is 2.07. The Labute approximate surface area is 127 Å². The SMILES string of the molecule is CCCc1ccc(NC(=O)c2ccc(Br)c(N)c2)cc1. The van der Waals surface area contributed by atoms with Crippen molar-refractivity contribution in [1.82, 2.24) is 0 Å². The number of carbonyl (C=O) groups is 1. The van der Waals surface area contributed by atoms with Gasteiger partial charge in [-0.25, -0.2) is 0 Å². The van der Waals surface area contributed by atoms with Crippen molar-refractivity contribution in [3.63, 3.8) is 0 Å². The van der Waals surface area contributed by atoms with E-state index >= 15 is 0 Å². The molecule has 1 amide bonds. The Kier molecular flexibility index (Phi) is 4.79. The van der Waals surface area contributed by atoms with Crippen LogP contribution in [0.15, 0.2) is 46.9 Å². The maximum absolute atomic E-state index is 12.1. The number of hydrogen-bond acceptors (Lipinski definition) is 2. The van der Waals surface area contributed by atoms with Crippen molar-refractivity contribution in [2.45, 2.75) is 19.8 Å². The second-order valence-corrected chi connectivity index (χ2v) is 5.49. The van der Waals surface area contributed by atoms with Crippen molar-refractivity contribution in [2.75, 3.05) is 11.1 Å². The van der Waals surface area contributed by atoms with Crippen molar-refractivity contribution in [1.29, 1.82) is 0 Å². The van der Waals surface area contributed by atoms with Gasteiger partial charge in [-0.1, -0.05) is 25.5 Å². The number of hydrogen-bond donors (Lipinski definition) is 2. The molecule has 2 aromatic rings. The first-order valence-electron chi connectivity index (χ1n) is 6.55. The van der Waals surface area contributed by atoms with Crippen molar-refractivity contribution < 1.29 is 4.79 Å². The first kappa shape index (κ1) is 14.6. The van der Waals surface area contributed by atoms with Crippen LogP contribution in [0.2, 0.25) is 0 Å². The number of aryl methyl sites for hydroxylation is 1. The van der Waals surface area contributed by atoms with Gasteiger partial charge in [0.15, 0.2) is 0 Å². The maximum Gasteiger partial charge on any atom is 0.255 e. The number of nitrogens with two attached hydrogens (primary N) is 1. The van der Waals surface area contributed by atoms with Crippen LogP contribution < -0.4 is 11.1 Å². The van der Waals surface area contributed by atoms with Gasteiger partial charge < -0.3 is 11.1 Å². The predicted octanol–water partition coefficient (Wildman–Crippen LogP) is 4.24. The molecule has 2 aromatic carbocycles. The fraction of sp³-hybridized carbons (Fsp3) is 0.188. The van der Waals surface area contributed by atoms with Gasteiger partial charge in [-0.15, -0.1) is 0 Å². The molecule has 0 aromatic heterocycles. The van der Waals surface area contributed by atoms with E-state index in [0.29, 0.717) is 11.3 Å². The summed E-state index contributed by atoms with van der Waals surface area (Å²) in [6, 6.07) is 13.1. The molecule has 20 heavy (non-hydrogen) atoms. The second kappa shape index (κ2) is 6.57. The number of nitrogens with one attached hydrogen (secondary N) is 1. The van der Waals surface area contributed by atoms with Crippen LogP contribution in [0.5, 0.6) is 0 Å². The topological polar surface area (TPSA) is 55.1 Å². The Morgan fingerprint density at radius 1 is 1.20 bits per heavy atom. The average molecular weight is 333 g/mol. The minimum atomic E-state index is -0.160. The normalized spacial score (nSPS) is 10.3. The van der Waals surface area contributed by atoms with Crippen molar-refractivity contribution in [2.24, 2.45) is 0 Å². The number of anilines is 2. The molecule has 0 aliphatic carbocycles. The number of rotatable bonds is 4. The number of nitrogen functional groups attached to an aromatic ring is 1. The Bertz CT molecular complexity index is 608. The lowest BCUT2D eigenvalue weighted by Crippen LogP contribution is -2.12. The molecule has 0 saturated heterocycles. The van der Waals surface area contributed by atoms with Crippen molar-refractivity contribution in [3.8, 4) is 0 Å². The molecule has 0 spiro atoms.